The topological polar surface area (TPSA) is 116 Å². The van der Waals surface area contributed by atoms with Crippen LogP contribution in [0.5, 0.6) is 0 Å². The molecule has 122 valence electrons. The van der Waals surface area contributed by atoms with Crippen molar-refractivity contribution in [3.8, 4) is 0 Å². The van der Waals surface area contributed by atoms with E-state index in [-0.39, 0.29) is 12.8 Å². The second kappa shape index (κ2) is 10.2. The van der Waals surface area contributed by atoms with Crippen LogP contribution in [0.4, 0.5) is 0 Å². The van der Waals surface area contributed by atoms with Crippen LogP contribution in [-0.2, 0) is 28.9 Å². The number of carbonyl (C=O) groups is 3. The number of carbonyl (C=O) groups excluding carboxylic acids is 3. The SMILES string of the molecule is CC(=O)ON=C(C/C(C)=N/OC(C)=O)C/C(C)=N/OC(C)=O. The highest BCUT2D eigenvalue weighted by Crippen LogP contribution is 2.02. The third kappa shape index (κ3) is 11.3. The van der Waals surface area contributed by atoms with E-state index in [9.17, 15) is 14.4 Å². The van der Waals surface area contributed by atoms with Crippen molar-refractivity contribution in [2.75, 3.05) is 0 Å². The molecule has 0 radical (unpaired) electrons. The number of hydrogen-bond acceptors (Lipinski definition) is 9. The van der Waals surface area contributed by atoms with Gasteiger partial charge in [-0.1, -0.05) is 15.5 Å². The molecule has 22 heavy (non-hydrogen) atoms. The Morgan fingerprint density at radius 1 is 0.636 bits per heavy atom. The van der Waals surface area contributed by atoms with Gasteiger partial charge < -0.3 is 14.5 Å². The number of rotatable bonds is 7. The Hall–Kier alpha value is -2.58. The number of oxime groups is 3. The zero-order valence-electron chi connectivity index (χ0n) is 13.2. The maximum atomic E-state index is 10.8. The van der Waals surface area contributed by atoms with Crippen LogP contribution in [0.3, 0.4) is 0 Å². The second-order valence-corrected chi connectivity index (χ2v) is 4.41. The van der Waals surface area contributed by atoms with Crippen molar-refractivity contribution >= 4 is 35.0 Å². The molecule has 0 heterocycles. The van der Waals surface area contributed by atoms with Gasteiger partial charge in [-0.15, -0.1) is 0 Å². The molecule has 0 amide bonds. The largest absolute Gasteiger partial charge is 0.331 e. The van der Waals surface area contributed by atoms with Gasteiger partial charge in [0.25, 0.3) is 0 Å². The predicted molar refractivity (Wildman–Crippen MR) is 78.2 cm³/mol. The van der Waals surface area contributed by atoms with Crippen molar-refractivity contribution in [2.45, 2.75) is 47.5 Å². The zero-order chi connectivity index (χ0) is 17.1. The molecule has 0 saturated carbocycles. The molecule has 0 bridgehead atoms. The Morgan fingerprint density at radius 2 is 0.955 bits per heavy atom. The van der Waals surface area contributed by atoms with Gasteiger partial charge in [0.05, 0.1) is 17.1 Å². The lowest BCUT2D eigenvalue weighted by Gasteiger charge is -2.05. The minimum Gasteiger partial charge on any atom is -0.319 e. The van der Waals surface area contributed by atoms with E-state index in [2.05, 4.69) is 30.0 Å². The fourth-order valence-electron chi connectivity index (χ4n) is 1.20. The van der Waals surface area contributed by atoms with Gasteiger partial charge >= 0.3 is 17.9 Å². The van der Waals surface area contributed by atoms with E-state index < -0.39 is 17.9 Å². The Labute approximate surface area is 127 Å². The molecule has 0 saturated heterocycles. The minimum absolute atomic E-state index is 0.188. The van der Waals surface area contributed by atoms with Crippen LogP contribution in [0, 0.1) is 0 Å². The average molecular weight is 313 g/mol. The molecule has 9 nitrogen and oxygen atoms in total. The van der Waals surface area contributed by atoms with E-state index in [0.717, 1.165) is 0 Å². The molecule has 0 aliphatic rings. The number of nitrogens with zero attached hydrogens (tertiary/aromatic N) is 3. The van der Waals surface area contributed by atoms with Gasteiger partial charge in [0.1, 0.15) is 0 Å². The maximum Gasteiger partial charge on any atom is 0.331 e. The Kier molecular flexibility index (Phi) is 9.00. The van der Waals surface area contributed by atoms with Crippen molar-refractivity contribution in [3.63, 3.8) is 0 Å². The normalized spacial score (nSPS) is 11.5. The lowest BCUT2D eigenvalue weighted by Crippen LogP contribution is -2.12. The van der Waals surface area contributed by atoms with Crippen LogP contribution in [0.25, 0.3) is 0 Å². The van der Waals surface area contributed by atoms with Gasteiger partial charge in [0.2, 0.25) is 0 Å². The fraction of sp³-hybridized carbons (Fsp3) is 0.538. The maximum absolute atomic E-state index is 10.8. The standard InChI is InChI=1S/C13H19N3O6/c1-8(14-20-10(3)17)6-13(16-22-12(5)19)7-9(2)15-21-11(4)18/h6-7H2,1-5H3/b14-8+,15-9+. The molecule has 0 atom stereocenters. The van der Waals surface area contributed by atoms with Crippen LogP contribution < -0.4 is 0 Å². The van der Waals surface area contributed by atoms with E-state index >= 15 is 0 Å². The van der Waals surface area contributed by atoms with Crippen molar-refractivity contribution in [3.05, 3.63) is 0 Å². The van der Waals surface area contributed by atoms with E-state index in [0.29, 0.717) is 17.1 Å². The Balaban J connectivity index is 4.90. The molecular weight excluding hydrogens is 294 g/mol. The summed E-state index contributed by atoms with van der Waals surface area (Å²) in [6, 6.07) is 0. The molecule has 0 aliphatic carbocycles. The minimum atomic E-state index is -0.582. The smallest absolute Gasteiger partial charge is 0.319 e. The van der Waals surface area contributed by atoms with Crippen molar-refractivity contribution in [1.29, 1.82) is 0 Å². The van der Waals surface area contributed by atoms with Gasteiger partial charge in [0.15, 0.2) is 0 Å². The highest BCUT2D eigenvalue weighted by Gasteiger charge is 2.09. The molecule has 0 aromatic rings. The van der Waals surface area contributed by atoms with Gasteiger partial charge in [-0.3, -0.25) is 0 Å². The van der Waals surface area contributed by atoms with Crippen LogP contribution in [0.15, 0.2) is 15.5 Å². The summed E-state index contributed by atoms with van der Waals surface area (Å²) >= 11 is 0. The first-order valence-corrected chi connectivity index (χ1v) is 6.36. The molecule has 9 heteroatoms. The van der Waals surface area contributed by atoms with E-state index in [4.69, 9.17) is 0 Å². The van der Waals surface area contributed by atoms with Crippen LogP contribution in [-0.4, -0.2) is 35.0 Å². The highest BCUT2D eigenvalue weighted by molar-refractivity contribution is 6.11. The predicted octanol–water partition coefficient (Wildman–Crippen LogP) is 1.56. The Morgan fingerprint density at radius 3 is 1.27 bits per heavy atom. The van der Waals surface area contributed by atoms with Crippen LogP contribution >= 0.6 is 0 Å². The molecule has 0 aromatic carbocycles. The van der Waals surface area contributed by atoms with E-state index in [1.165, 1.54) is 20.8 Å². The zero-order valence-corrected chi connectivity index (χ0v) is 13.2. The van der Waals surface area contributed by atoms with Gasteiger partial charge in [-0.05, 0) is 13.8 Å². The lowest BCUT2D eigenvalue weighted by atomic mass is 10.1. The third-order valence-electron chi connectivity index (χ3n) is 1.88. The molecule has 0 fully saturated rings. The van der Waals surface area contributed by atoms with Gasteiger partial charge in [0, 0.05) is 33.6 Å². The quantitative estimate of drug-likeness (QED) is 0.400. The second-order valence-electron chi connectivity index (χ2n) is 4.41. The first kappa shape index (κ1) is 19.4. The van der Waals surface area contributed by atoms with Crippen molar-refractivity contribution in [1.82, 2.24) is 0 Å². The first-order valence-electron chi connectivity index (χ1n) is 6.36. The number of hydrogen-bond donors (Lipinski definition) is 0. The monoisotopic (exact) mass is 313 g/mol. The van der Waals surface area contributed by atoms with Crippen LogP contribution in [0.1, 0.15) is 47.5 Å². The summed E-state index contributed by atoms with van der Waals surface area (Å²) in [4.78, 5) is 45.8. The summed E-state index contributed by atoms with van der Waals surface area (Å²) in [6.45, 7) is 6.89. The van der Waals surface area contributed by atoms with Crippen molar-refractivity contribution < 1.29 is 28.9 Å². The Bertz CT molecular complexity index is 486. The summed E-state index contributed by atoms with van der Waals surface area (Å²) in [5.41, 5.74) is 1.29. The summed E-state index contributed by atoms with van der Waals surface area (Å²) < 4.78 is 0. The third-order valence-corrected chi connectivity index (χ3v) is 1.88. The van der Waals surface area contributed by atoms with E-state index in [1.54, 1.807) is 13.8 Å². The summed E-state index contributed by atoms with van der Waals surface area (Å²) in [5, 5.41) is 10.9. The fourth-order valence-corrected chi connectivity index (χ4v) is 1.20. The average Bonchev–Trinajstić information content (AvgIpc) is 2.40. The lowest BCUT2D eigenvalue weighted by molar-refractivity contribution is -0.141. The first-order chi connectivity index (χ1) is 10.2. The van der Waals surface area contributed by atoms with Crippen LogP contribution in [0.2, 0.25) is 0 Å². The van der Waals surface area contributed by atoms with E-state index in [1.807, 2.05) is 0 Å². The summed E-state index contributed by atoms with van der Waals surface area (Å²) in [6.07, 6.45) is 0.376. The van der Waals surface area contributed by atoms with Crippen molar-refractivity contribution in [2.24, 2.45) is 15.5 Å². The van der Waals surface area contributed by atoms with Gasteiger partial charge in [-0.25, -0.2) is 14.4 Å². The molecule has 0 rings (SSSR count). The molecular formula is C13H19N3O6. The van der Waals surface area contributed by atoms with Gasteiger partial charge in [-0.2, -0.15) is 0 Å². The molecule has 0 spiro atoms. The molecule has 0 N–H and O–H groups in total. The highest BCUT2D eigenvalue weighted by atomic mass is 16.7. The molecule has 0 aliphatic heterocycles. The molecule has 0 unspecified atom stereocenters. The molecule has 0 aromatic heterocycles. The summed E-state index contributed by atoms with van der Waals surface area (Å²) in [7, 11) is 0. The summed E-state index contributed by atoms with van der Waals surface area (Å²) in [5.74, 6) is -1.68.